The predicted octanol–water partition coefficient (Wildman–Crippen LogP) is -0.217. The molecule has 0 bridgehead atoms. The number of H-pyrrole nitrogens is 1. The molecule has 0 radical (unpaired) electrons. The lowest BCUT2D eigenvalue weighted by molar-refractivity contribution is -0.115. The summed E-state index contributed by atoms with van der Waals surface area (Å²) in [6.45, 7) is 0. The van der Waals surface area contributed by atoms with Gasteiger partial charge in [-0.05, 0) is 0 Å². The molecule has 0 aliphatic heterocycles. The number of aromatic nitrogens is 2. The molecule has 0 aliphatic rings. The maximum absolute atomic E-state index is 11.1. The number of amides is 1. The first-order valence-electron chi connectivity index (χ1n) is 3.94. The number of hydrogen-bond acceptors (Lipinski definition) is 4. The highest BCUT2D eigenvalue weighted by molar-refractivity contribution is 7.90. The zero-order chi connectivity index (χ0) is 10.6. The molecule has 14 heavy (non-hydrogen) atoms. The summed E-state index contributed by atoms with van der Waals surface area (Å²) in [5.74, 6) is -0.478. The summed E-state index contributed by atoms with van der Waals surface area (Å²) in [7, 11) is -3.08. The van der Waals surface area contributed by atoms with Gasteiger partial charge in [0.15, 0.2) is 0 Å². The second-order valence-corrected chi connectivity index (χ2v) is 5.17. The highest BCUT2D eigenvalue weighted by Crippen LogP contribution is 2.02. The Kier molecular flexibility index (Phi) is 3.23. The van der Waals surface area contributed by atoms with Gasteiger partial charge in [-0.3, -0.25) is 9.89 Å². The molecule has 0 atom stereocenters. The van der Waals surface area contributed by atoms with Crippen molar-refractivity contribution in [1.29, 1.82) is 0 Å². The van der Waals surface area contributed by atoms with Crippen LogP contribution in [0.4, 0.5) is 5.69 Å². The third-order valence-corrected chi connectivity index (χ3v) is 2.43. The Bertz CT molecular complexity index is 396. The number of anilines is 1. The van der Waals surface area contributed by atoms with E-state index in [1.165, 1.54) is 12.4 Å². The van der Waals surface area contributed by atoms with E-state index in [4.69, 9.17) is 0 Å². The molecule has 0 unspecified atom stereocenters. The number of hydrogen-bond donors (Lipinski definition) is 2. The summed E-state index contributed by atoms with van der Waals surface area (Å²) in [5, 5.41) is 8.65. The van der Waals surface area contributed by atoms with Crippen LogP contribution in [-0.4, -0.2) is 36.5 Å². The van der Waals surface area contributed by atoms with Crippen LogP contribution in [0.2, 0.25) is 0 Å². The maximum Gasteiger partial charge on any atom is 0.225 e. The van der Waals surface area contributed by atoms with Gasteiger partial charge in [-0.15, -0.1) is 0 Å². The fourth-order valence-electron chi connectivity index (χ4n) is 0.821. The summed E-state index contributed by atoms with van der Waals surface area (Å²) < 4.78 is 21.5. The van der Waals surface area contributed by atoms with Crippen molar-refractivity contribution in [2.75, 3.05) is 17.3 Å². The van der Waals surface area contributed by atoms with Crippen LogP contribution in [0.3, 0.4) is 0 Å². The van der Waals surface area contributed by atoms with Gasteiger partial charge in [0.1, 0.15) is 9.84 Å². The van der Waals surface area contributed by atoms with Gasteiger partial charge < -0.3 is 5.32 Å². The number of carbonyl (C=O) groups is 1. The molecule has 2 N–H and O–H groups in total. The van der Waals surface area contributed by atoms with Gasteiger partial charge in [0.05, 0.1) is 17.6 Å². The molecule has 1 heterocycles. The fourth-order valence-corrected chi connectivity index (χ4v) is 1.38. The Morgan fingerprint density at radius 1 is 1.64 bits per heavy atom. The molecule has 1 aromatic rings. The maximum atomic E-state index is 11.1. The first kappa shape index (κ1) is 10.7. The van der Waals surface area contributed by atoms with E-state index < -0.39 is 9.84 Å². The number of nitrogens with zero attached hydrogens (tertiary/aromatic N) is 1. The van der Waals surface area contributed by atoms with Crippen LogP contribution in [0.25, 0.3) is 0 Å². The molecular weight excluding hydrogens is 206 g/mol. The average molecular weight is 217 g/mol. The summed E-state index contributed by atoms with van der Waals surface area (Å²) in [4.78, 5) is 11.1. The zero-order valence-corrected chi connectivity index (χ0v) is 8.47. The highest BCUT2D eigenvalue weighted by atomic mass is 32.2. The normalized spacial score (nSPS) is 11.2. The van der Waals surface area contributed by atoms with E-state index in [2.05, 4.69) is 15.5 Å². The van der Waals surface area contributed by atoms with Crippen molar-refractivity contribution in [2.45, 2.75) is 6.42 Å². The van der Waals surface area contributed by atoms with Crippen LogP contribution < -0.4 is 5.32 Å². The van der Waals surface area contributed by atoms with Gasteiger partial charge in [-0.25, -0.2) is 8.42 Å². The van der Waals surface area contributed by atoms with Crippen molar-refractivity contribution in [3.63, 3.8) is 0 Å². The minimum atomic E-state index is -3.08. The van der Waals surface area contributed by atoms with Gasteiger partial charge in [0.25, 0.3) is 0 Å². The molecule has 0 aromatic carbocycles. The van der Waals surface area contributed by atoms with Gasteiger partial charge in [0.2, 0.25) is 5.91 Å². The summed E-state index contributed by atoms with van der Waals surface area (Å²) in [6, 6.07) is 0. The lowest BCUT2D eigenvalue weighted by atomic mass is 10.4. The highest BCUT2D eigenvalue weighted by Gasteiger charge is 2.08. The molecular formula is C7H11N3O3S. The van der Waals surface area contributed by atoms with Crippen LogP contribution >= 0.6 is 0 Å². The summed E-state index contributed by atoms with van der Waals surface area (Å²) in [5.41, 5.74) is 0.531. The Balaban J connectivity index is 2.38. The minimum absolute atomic E-state index is 0.0377. The molecule has 1 rings (SSSR count). The molecule has 0 saturated heterocycles. The fraction of sp³-hybridized carbons (Fsp3) is 0.429. The molecule has 6 nitrogen and oxygen atoms in total. The molecule has 0 spiro atoms. The number of aromatic amines is 1. The van der Waals surface area contributed by atoms with Crippen LogP contribution in [0.1, 0.15) is 6.42 Å². The van der Waals surface area contributed by atoms with Crippen molar-refractivity contribution < 1.29 is 13.2 Å². The number of nitrogens with one attached hydrogen (secondary N) is 2. The van der Waals surface area contributed by atoms with E-state index in [0.717, 1.165) is 6.26 Å². The predicted molar refractivity (Wildman–Crippen MR) is 51.5 cm³/mol. The van der Waals surface area contributed by atoms with Crippen LogP contribution in [-0.2, 0) is 14.6 Å². The molecule has 0 fully saturated rings. The molecule has 0 saturated carbocycles. The Morgan fingerprint density at radius 3 is 2.86 bits per heavy atom. The van der Waals surface area contributed by atoms with E-state index >= 15 is 0 Å². The lowest BCUT2D eigenvalue weighted by Crippen LogP contribution is -2.16. The van der Waals surface area contributed by atoms with Crippen LogP contribution in [0.15, 0.2) is 12.4 Å². The molecule has 1 amide bonds. The van der Waals surface area contributed by atoms with Gasteiger partial charge in [0, 0.05) is 18.9 Å². The van der Waals surface area contributed by atoms with Crippen LogP contribution in [0.5, 0.6) is 0 Å². The largest absolute Gasteiger partial charge is 0.323 e. The quantitative estimate of drug-likeness (QED) is 0.729. The van der Waals surface area contributed by atoms with Gasteiger partial charge in [-0.2, -0.15) is 5.10 Å². The third-order valence-electron chi connectivity index (χ3n) is 1.48. The van der Waals surface area contributed by atoms with Crippen molar-refractivity contribution >= 4 is 21.4 Å². The number of sulfone groups is 1. The van der Waals surface area contributed by atoms with Crippen molar-refractivity contribution in [1.82, 2.24) is 10.2 Å². The molecule has 0 aliphatic carbocycles. The van der Waals surface area contributed by atoms with E-state index in [1.807, 2.05) is 0 Å². The van der Waals surface area contributed by atoms with E-state index in [9.17, 15) is 13.2 Å². The monoisotopic (exact) mass is 217 g/mol. The smallest absolute Gasteiger partial charge is 0.225 e. The number of rotatable bonds is 4. The Morgan fingerprint density at radius 2 is 2.36 bits per heavy atom. The molecule has 7 heteroatoms. The second kappa shape index (κ2) is 4.23. The van der Waals surface area contributed by atoms with Gasteiger partial charge >= 0.3 is 0 Å². The third kappa shape index (κ3) is 4.04. The van der Waals surface area contributed by atoms with Gasteiger partial charge in [-0.1, -0.05) is 0 Å². The topological polar surface area (TPSA) is 91.9 Å². The lowest BCUT2D eigenvalue weighted by Gasteiger charge is -2.00. The van der Waals surface area contributed by atoms with Crippen molar-refractivity contribution in [2.24, 2.45) is 0 Å². The number of carbonyl (C=O) groups excluding carboxylic acids is 1. The molecule has 1 aromatic heterocycles. The van der Waals surface area contributed by atoms with E-state index in [1.54, 1.807) is 0 Å². The molecule has 78 valence electrons. The van der Waals surface area contributed by atoms with Crippen molar-refractivity contribution in [3.05, 3.63) is 12.4 Å². The summed E-state index contributed by atoms with van der Waals surface area (Å²) >= 11 is 0. The zero-order valence-electron chi connectivity index (χ0n) is 7.65. The van der Waals surface area contributed by atoms with Crippen LogP contribution in [0, 0.1) is 0 Å². The Hall–Kier alpha value is -1.37. The standard InChI is InChI=1S/C7H11N3O3S/c1-14(12,13)3-2-7(11)10-6-4-8-9-5-6/h4-5H,2-3H2,1H3,(H,8,9)(H,10,11). The first-order valence-corrected chi connectivity index (χ1v) is 6.00. The average Bonchev–Trinajstić information content (AvgIpc) is 2.52. The second-order valence-electron chi connectivity index (χ2n) is 2.92. The minimum Gasteiger partial charge on any atom is -0.323 e. The van der Waals surface area contributed by atoms with E-state index in [-0.39, 0.29) is 18.1 Å². The summed E-state index contributed by atoms with van der Waals surface area (Å²) in [6.07, 6.45) is 4.01. The first-order chi connectivity index (χ1) is 6.47. The Labute approximate surface area is 81.6 Å². The van der Waals surface area contributed by atoms with E-state index in [0.29, 0.717) is 5.69 Å². The SMILES string of the molecule is CS(=O)(=O)CCC(=O)Nc1cn[nH]c1. The van der Waals surface area contributed by atoms with Crippen molar-refractivity contribution in [3.8, 4) is 0 Å².